The SMILES string of the molecule is O=C(CCc1ccccc1)NCCCNc1ccccc1[N+](=O)[O-]. The van der Waals surface area contributed by atoms with Gasteiger partial charge in [0.25, 0.3) is 5.69 Å². The van der Waals surface area contributed by atoms with Crippen molar-refractivity contribution in [2.24, 2.45) is 0 Å². The molecule has 1 amide bonds. The third kappa shape index (κ3) is 5.72. The Hall–Kier alpha value is -2.89. The molecule has 0 saturated heterocycles. The number of nitrogens with one attached hydrogen (secondary N) is 2. The van der Waals surface area contributed by atoms with Gasteiger partial charge in [0.2, 0.25) is 5.91 Å². The van der Waals surface area contributed by atoms with Crippen LogP contribution in [-0.4, -0.2) is 23.9 Å². The summed E-state index contributed by atoms with van der Waals surface area (Å²) >= 11 is 0. The molecule has 6 heteroatoms. The van der Waals surface area contributed by atoms with Crippen molar-refractivity contribution in [2.75, 3.05) is 18.4 Å². The third-order valence-electron chi connectivity index (χ3n) is 3.58. The Kier molecular flexibility index (Phi) is 6.76. The summed E-state index contributed by atoms with van der Waals surface area (Å²) in [6, 6.07) is 16.4. The van der Waals surface area contributed by atoms with E-state index in [0.717, 1.165) is 12.0 Å². The summed E-state index contributed by atoms with van der Waals surface area (Å²) in [7, 11) is 0. The number of benzene rings is 2. The number of anilines is 1. The molecule has 0 bridgehead atoms. The second kappa shape index (κ2) is 9.29. The highest BCUT2D eigenvalue weighted by Crippen LogP contribution is 2.22. The van der Waals surface area contributed by atoms with Crippen LogP contribution < -0.4 is 10.6 Å². The van der Waals surface area contributed by atoms with Gasteiger partial charge in [-0.15, -0.1) is 0 Å². The maximum atomic E-state index is 11.8. The topological polar surface area (TPSA) is 84.3 Å². The molecule has 0 aliphatic heterocycles. The van der Waals surface area contributed by atoms with E-state index in [2.05, 4.69) is 10.6 Å². The van der Waals surface area contributed by atoms with Crippen LogP contribution in [0.4, 0.5) is 11.4 Å². The molecular formula is C18H21N3O3. The molecular weight excluding hydrogens is 306 g/mol. The van der Waals surface area contributed by atoms with E-state index in [1.165, 1.54) is 6.07 Å². The number of amides is 1. The van der Waals surface area contributed by atoms with Crippen LogP contribution in [0.1, 0.15) is 18.4 Å². The van der Waals surface area contributed by atoms with Gasteiger partial charge in [-0.3, -0.25) is 14.9 Å². The number of nitrogens with zero attached hydrogens (tertiary/aromatic N) is 1. The summed E-state index contributed by atoms with van der Waals surface area (Å²) in [5, 5.41) is 16.8. The number of para-hydroxylation sites is 2. The number of carbonyl (C=O) groups excluding carboxylic acids is 1. The van der Waals surface area contributed by atoms with Crippen molar-refractivity contribution in [2.45, 2.75) is 19.3 Å². The first-order valence-corrected chi connectivity index (χ1v) is 7.95. The Morgan fingerprint density at radius 3 is 2.46 bits per heavy atom. The number of nitro benzene ring substituents is 1. The summed E-state index contributed by atoms with van der Waals surface area (Å²) in [5.74, 6) is 0.0181. The second-order valence-corrected chi connectivity index (χ2v) is 5.39. The van der Waals surface area contributed by atoms with Gasteiger partial charge in [-0.1, -0.05) is 42.5 Å². The van der Waals surface area contributed by atoms with Gasteiger partial charge in [-0.25, -0.2) is 0 Å². The zero-order valence-electron chi connectivity index (χ0n) is 13.4. The van der Waals surface area contributed by atoms with Crippen molar-refractivity contribution in [3.05, 3.63) is 70.3 Å². The Balaban J connectivity index is 1.63. The van der Waals surface area contributed by atoms with Gasteiger partial charge in [0.15, 0.2) is 0 Å². The van der Waals surface area contributed by atoms with Gasteiger partial charge < -0.3 is 10.6 Å². The molecule has 0 fully saturated rings. The first kappa shape index (κ1) is 17.5. The van der Waals surface area contributed by atoms with Gasteiger partial charge in [0.05, 0.1) is 4.92 Å². The zero-order chi connectivity index (χ0) is 17.2. The van der Waals surface area contributed by atoms with Crippen molar-refractivity contribution in [3.63, 3.8) is 0 Å². The van der Waals surface area contributed by atoms with Crippen LogP contribution in [0.5, 0.6) is 0 Å². The molecule has 0 heterocycles. The van der Waals surface area contributed by atoms with E-state index in [1.807, 2.05) is 30.3 Å². The van der Waals surface area contributed by atoms with E-state index in [0.29, 0.717) is 31.6 Å². The zero-order valence-corrected chi connectivity index (χ0v) is 13.4. The van der Waals surface area contributed by atoms with E-state index in [4.69, 9.17) is 0 Å². The number of hydrogen-bond donors (Lipinski definition) is 2. The number of nitro groups is 1. The summed E-state index contributed by atoms with van der Waals surface area (Å²) in [4.78, 5) is 22.3. The van der Waals surface area contributed by atoms with E-state index in [-0.39, 0.29) is 11.6 Å². The minimum Gasteiger partial charge on any atom is -0.379 e. The standard InChI is InChI=1S/C18H21N3O3/c22-18(12-11-15-7-2-1-3-8-15)20-14-6-13-19-16-9-4-5-10-17(16)21(23)24/h1-5,7-10,19H,6,11-14H2,(H,20,22). The van der Waals surface area contributed by atoms with Crippen molar-refractivity contribution in [1.82, 2.24) is 5.32 Å². The van der Waals surface area contributed by atoms with E-state index in [1.54, 1.807) is 18.2 Å². The Labute approximate surface area is 141 Å². The highest BCUT2D eigenvalue weighted by Gasteiger charge is 2.11. The molecule has 0 aliphatic carbocycles. The van der Waals surface area contributed by atoms with Crippen LogP contribution in [0.2, 0.25) is 0 Å². The van der Waals surface area contributed by atoms with Crippen LogP contribution >= 0.6 is 0 Å². The van der Waals surface area contributed by atoms with Gasteiger partial charge in [0, 0.05) is 25.6 Å². The minimum atomic E-state index is -0.409. The molecule has 24 heavy (non-hydrogen) atoms. The average molecular weight is 327 g/mol. The van der Waals surface area contributed by atoms with Gasteiger partial charge >= 0.3 is 0 Å². The predicted molar refractivity (Wildman–Crippen MR) is 94.0 cm³/mol. The van der Waals surface area contributed by atoms with Crippen LogP contribution in [0.3, 0.4) is 0 Å². The lowest BCUT2D eigenvalue weighted by Gasteiger charge is -2.08. The fraction of sp³-hybridized carbons (Fsp3) is 0.278. The number of rotatable bonds is 9. The van der Waals surface area contributed by atoms with Crippen molar-refractivity contribution in [3.8, 4) is 0 Å². The molecule has 2 N–H and O–H groups in total. The molecule has 126 valence electrons. The van der Waals surface area contributed by atoms with E-state index < -0.39 is 4.92 Å². The molecule has 2 aromatic rings. The molecule has 0 unspecified atom stereocenters. The number of aryl methyl sites for hydroxylation is 1. The van der Waals surface area contributed by atoms with Crippen molar-refractivity contribution >= 4 is 17.3 Å². The first-order chi connectivity index (χ1) is 11.7. The van der Waals surface area contributed by atoms with Crippen molar-refractivity contribution in [1.29, 1.82) is 0 Å². The molecule has 6 nitrogen and oxygen atoms in total. The van der Waals surface area contributed by atoms with Crippen LogP contribution in [-0.2, 0) is 11.2 Å². The largest absolute Gasteiger partial charge is 0.379 e. The average Bonchev–Trinajstić information content (AvgIpc) is 2.61. The summed E-state index contributed by atoms with van der Waals surface area (Å²) < 4.78 is 0. The molecule has 0 radical (unpaired) electrons. The normalized spacial score (nSPS) is 10.2. The third-order valence-corrected chi connectivity index (χ3v) is 3.58. The summed E-state index contributed by atoms with van der Waals surface area (Å²) in [5.41, 5.74) is 1.70. The van der Waals surface area contributed by atoms with Crippen LogP contribution in [0.15, 0.2) is 54.6 Å². The van der Waals surface area contributed by atoms with Crippen LogP contribution in [0.25, 0.3) is 0 Å². The monoisotopic (exact) mass is 327 g/mol. The number of carbonyl (C=O) groups is 1. The van der Waals surface area contributed by atoms with E-state index in [9.17, 15) is 14.9 Å². The molecule has 0 aliphatic rings. The Bertz CT molecular complexity index is 674. The summed E-state index contributed by atoms with van der Waals surface area (Å²) in [6.45, 7) is 1.10. The fourth-order valence-electron chi connectivity index (χ4n) is 2.31. The molecule has 0 saturated carbocycles. The molecule has 2 rings (SSSR count). The van der Waals surface area contributed by atoms with E-state index >= 15 is 0 Å². The summed E-state index contributed by atoms with van der Waals surface area (Å²) in [6.07, 6.45) is 1.88. The molecule has 0 spiro atoms. The van der Waals surface area contributed by atoms with Gasteiger partial charge in [-0.05, 0) is 24.5 Å². The highest BCUT2D eigenvalue weighted by molar-refractivity contribution is 5.76. The van der Waals surface area contributed by atoms with Gasteiger partial charge in [-0.2, -0.15) is 0 Å². The van der Waals surface area contributed by atoms with Gasteiger partial charge in [0.1, 0.15) is 5.69 Å². The van der Waals surface area contributed by atoms with Crippen LogP contribution in [0, 0.1) is 10.1 Å². The Morgan fingerprint density at radius 2 is 1.71 bits per heavy atom. The highest BCUT2D eigenvalue weighted by atomic mass is 16.6. The first-order valence-electron chi connectivity index (χ1n) is 7.95. The maximum absolute atomic E-state index is 11.8. The quantitative estimate of drug-likeness (QED) is 0.421. The number of hydrogen-bond acceptors (Lipinski definition) is 4. The lowest BCUT2D eigenvalue weighted by Crippen LogP contribution is -2.26. The predicted octanol–water partition coefficient (Wildman–Crippen LogP) is 3.15. The second-order valence-electron chi connectivity index (χ2n) is 5.39. The Morgan fingerprint density at radius 1 is 1.00 bits per heavy atom. The molecule has 2 aromatic carbocycles. The van der Waals surface area contributed by atoms with Crippen molar-refractivity contribution < 1.29 is 9.72 Å². The smallest absolute Gasteiger partial charge is 0.292 e. The molecule has 0 aromatic heterocycles. The minimum absolute atomic E-state index is 0.0181. The lowest BCUT2D eigenvalue weighted by molar-refractivity contribution is -0.384. The lowest BCUT2D eigenvalue weighted by atomic mass is 10.1. The maximum Gasteiger partial charge on any atom is 0.292 e. The molecule has 0 atom stereocenters. The fourth-order valence-corrected chi connectivity index (χ4v) is 2.31.